The number of esters is 1. The van der Waals surface area contributed by atoms with E-state index in [2.05, 4.69) is 18.7 Å². The Balaban J connectivity index is 2.21. The van der Waals surface area contributed by atoms with Crippen LogP contribution in [0.3, 0.4) is 0 Å². The molecule has 2 heterocycles. The minimum absolute atomic E-state index is 0.346. The van der Waals surface area contributed by atoms with E-state index >= 15 is 0 Å². The molecular formula is C13H20N2O2S. The molecule has 1 saturated heterocycles. The maximum Gasteiger partial charge on any atom is 0.350 e. The number of carbonyl (C=O) groups excluding carboxylic acids is 1. The lowest BCUT2D eigenvalue weighted by Gasteiger charge is -2.35. The van der Waals surface area contributed by atoms with Gasteiger partial charge < -0.3 is 15.4 Å². The van der Waals surface area contributed by atoms with E-state index in [4.69, 9.17) is 10.5 Å². The summed E-state index contributed by atoms with van der Waals surface area (Å²) in [6.07, 6.45) is 1.27. The first-order valence-corrected chi connectivity index (χ1v) is 7.05. The van der Waals surface area contributed by atoms with Crippen molar-refractivity contribution < 1.29 is 9.53 Å². The molecule has 100 valence electrons. The lowest BCUT2D eigenvalue weighted by molar-refractivity contribution is 0.0607. The summed E-state index contributed by atoms with van der Waals surface area (Å²) in [5.41, 5.74) is 6.40. The van der Waals surface area contributed by atoms with Crippen molar-refractivity contribution in [2.24, 2.45) is 11.8 Å². The van der Waals surface area contributed by atoms with E-state index in [1.807, 2.05) is 6.07 Å². The van der Waals surface area contributed by atoms with Gasteiger partial charge in [0.15, 0.2) is 0 Å². The summed E-state index contributed by atoms with van der Waals surface area (Å²) in [7, 11) is 1.38. The fourth-order valence-electron chi connectivity index (χ4n) is 2.64. The number of carbonyl (C=O) groups is 1. The van der Waals surface area contributed by atoms with Crippen molar-refractivity contribution >= 4 is 28.0 Å². The summed E-state index contributed by atoms with van der Waals surface area (Å²) in [4.78, 5) is 14.4. The molecule has 18 heavy (non-hydrogen) atoms. The third-order valence-corrected chi connectivity index (χ3v) is 4.49. The Labute approximate surface area is 112 Å². The largest absolute Gasteiger partial charge is 0.465 e. The number of piperidine rings is 1. The number of hydrogen-bond donors (Lipinski definition) is 1. The molecule has 0 radical (unpaired) electrons. The van der Waals surface area contributed by atoms with Gasteiger partial charge in [-0.25, -0.2) is 4.79 Å². The van der Waals surface area contributed by atoms with Crippen molar-refractivity contribution in [3.8, 4) is 0 Å². The number of hydrogen-bond acceptors (Lipinski definition) is 5. The molecule has 2 atom stereocenters. The van der Waals surface area contributed by atoms with Crippen LogP contribution in [-0.4, -0.2) is 26.2 Å². The van der Waals surface area contributed by atoms with Crippen LogP contribution in [0.1, 0.15) is 29.9 Å². The van der Waals surface area contributed by atoms with E-state index in [0.717, 1.165) is 18.1 Å². The monoisotopic (exact) mass is 268 g/mol. The maximum atomic E-state index is 11.5. The van der Waals surface area contributed by atoms with Crippen LogP contribution in [0.5, 0.6) is 0 Å². The molecule has 1 aromatic rings. The Kier molecular flexibility index (Phi) is 3.80. The topological polar surface area (TPSA) is 55.6 Å². The highest BCUT2D eigenvalue weighted by atomic mass is 32.1. The molecule has 0 aromatic carbocycles. The Hall–Kier alpha value is -1.23. The molecule has 0 bridgehead atoms. The van der Waals surface area contributed by atoms with E-state index in [1.165, 1.54) is 24.9 Å². The van der Waals surface area contributed by atoms with Crippen LogP contribution in [0.15, 0.2) is 6.07 Å². The Morgan fingerprint density at radius 1 is 1.44 bits per heavy atom. The maximum absolute atomic E-state index is 11.5. The van der Waals surface area contributed by atoms with Crippen LogP contribution < -0.4 is 10.6 Å². The van der Waals surface area contributed by atoms with Crippen LogP contribution in [0, 0.1) is 11.8 Å². The van der Waals surface area contributed by atoms with Crippen molar-refractivity contribution in [2.75, 3.05) is 30.8 Å². The quantitative estimate of drug-likeness (QED) is 0.838. The fraction of sp³-hybridized carbons (Fsp3) is 0.615. The van der Waals surface area contributed by atoms with Crippen molar-refractivity contribution in [1.29, 1.82) is 0 Å². The average Bonchev–Trinajstić information content (AvgIpc) is 2.69. The SMILES string of the molecule is COC(=O)c1sc(N2CC(C)CC(C)C2)cc1N. The van der Waals surface area contributed by atoms with Crippen LogP contribution in [0.25, 0.3) is 0 Å². The van der Waals surface area contributed by atoms with E-state index < -0.39 is 0 Å². The van der Waals surface area contributed by atoms with Crippen LogP contribution in [0.2, 0.25) is 0 Å². The molecule has 0 aliphatic carbocycles. The van der Waals surface area contributed by atoms with E-state index in [1.54, 1.807) is 0 Å². The Morgan fingerprint density at radius 2 is 2.06 bits per heavy atom. The molecule has 1 aromatic heterocycles. The highest BCUT2D eigenvalue weighted by Crippen LogP contribution is 2.35. The second-order valence-electron chi connectivity index (χ2n) is 5.21. The van der Waals surface area contributed by atoms with Gasteiger partial charge >= 0.3 is 5.97 Å². The first-order chi connectivity index (χ1) is 8.51. The zero-order valence-electron chi connectivity index (χ0n) is 11.1. The summed E-state index contributed by atoms with van der Waals surface area (Å²) < 4.78 is 4.73. The van der Waals surface area contributed by atoms with Gasteiger partial charge in [0.1, 0.15) is 4.88 Å². The van der Waals surface area contributed by atoms with E-state index in [0.29, 0.717) is 22.4 Å². The highest BCUT2D eigenvalue weighted by Gasteiger charge is 2.25. The Morgan fingerprint density at radius 3 is 2.61 bits per heavy atom. The van der Waals surface area contributed by atoms with Crippen molar-refractivity contribution in [1.82, 2.24) is 0 Å². The number of anilines is 2. The molecule has 1 aliphatic rings. The van der Waals surface area contributed by atoms with Crippen molar-refractivity contribution in [3.63, 3.8) is 0 Å². The van der Waals surface area contributed by atoms with Crippen LogP contribution in [0.4, 0.5) is 10.7 Å². The van der Waals surface area contributed by atoms with Crippen LogP contribution in [-0.2, 0) is 4.74 Å². The number of thiophene rings is 1. The molecule has 0 amide bonds. The first kappa shape index (κ1) is 13.2. The second-order valence-corrected chi connectivity index (χ2v) is 6.24. The van der Waals surface area contributed by atoms with Gasteiger partial charge in [-0.3, -0.25) is 0 Å². The number of nitrogens with two attached hydrogens (primary N) is 1. The summed E-state index contributed by atoms with van der Waals surface area (Å²) in [6.45, 7) is 6.59. The predicted molar refractivity (Wildman–Crippen MR) is 75.2 cm³/mol. The molecule has 0 saturated carbocycles. The molecule has 2 N–H and O–H groups in total. The minimum atomic E-state index is -0.346. The summed E-state index contributed by atoms with van der Waals surface area (Å²) in [5.74, 6) is 1.01. The third-order valence-electron chi connectivity index (χ3n) is 3.30. The summed E-state index contributed by atoms with van der Waals surface area (Å²) in [6, 6.07) is 1.89. The number of rotatable bonds is 2. The lowest BCUT2D eigenvalue weighted by Crippen LogP contribution is -2.38. The van der Waals surface area contributed by atoms with Gasteiger partial charge in [-0.15, -0.1) is 11.3 Å². The van der Waals surface area contributed by atoms with Gasteiger partial charge in [-0.1, -0.05) is 13.8 Å². The van der Waals surface area contributed by atoms with E-state index in [-0.39, 0.29) is 5.97 Å². The molecule has 1 fully saturated rings. The standard InChI is InChI=1S/C13H20N2O2S/c1-8-4-9(2)7-15(6-8)11-5-10(14)12(18-11)13(16)17-3/h5,8-9H,4,6-7,14H2,1-3H3. The average molecular weight is 268 g/mol. The van der Waals surface area contributed by atoms with Crippen molar-refractivity contribution in [3.05, 3.63) is 10.9 Å². The highest BCUT2D eigenvalue weighted by molar-refractivity contribution is 7.18. The van der Waals surface area contributed by atoms with Gasteiger partial charge in [-0.05, 0) is 24.3 Å². The minimum Gasteiger partial charge on any atom is -0.465 e. The third kappa shape index (κ3) is 2.61. The second kappa shape index (κ2) is 5.18. The number of ether oxygens (including phenoxy) is 1. The molecule has 0 spiro atoms. The molecule has 2 rings (SSSR count). The Bertz CT molecular complexity index is 434. The van der Waals surface area contributed by atoms with Crippen LogP contribution >= 0.6 is 11.3 Å². The zero-order valence-corrected chi connectivity index (χ0v) is 11.9. The normalized spacial score (nSPS) is 24.1. The molecule has 4 nitrogen and oxygen atoms in total. The zero-order chi connectivity index (χ0) is 13.3. The molecule has 1 aliphatic heterocycles. The van der Waals surface area contributed by atoms with Gasteiger partial charge in [0.2, 0.25) is 0 Å². The van der Waals surface area contributed by atoms with Gasteiger partial charge in [-0.2, -0.15) is 0 Å². The van der Waals surface area contributed by atoms with Gasteiger partial charge in [0.25, 0.3) is 0 Å². The molecule has 2 unspecified atom stereocenters. The predicted octanol–water partition coefficient (Wildman–Crippen LogP) is 2.60. The number of nitrogen functional groups attached to an aromatic ring is 1. The molecule has 5 heteroatoms. The lowest BCUT2D eigenvalue weighted by atomic mass is 9.92. The number of methoxy groups -OCH3 is 1. The fourth-order valence-corrected chi connectivity index (χ4v) is 3.66. The van der Waals surface area contributed by atoms with E-state index in [9.17, 15) is 4.79 Å². The first-order valence-electron chi connectivity index (χ1n) is 6.23. The summed E-state index contributed by atoms with van der Waals surface area (Å²) >= 11 is 1.43. The molecular weight excluding hydrogens is 248 g/mol. The van der Waals surface area contributed by atoms with Gasteiger partial charge in [0.05, 0.1) is 17.8 Å². The summed E-state index contributed by atoms with van der Waals surface area (Å²) in [5, 5.41) is 1.08. The number of nitrogens with zero attached hydrogens (tertiary/aromatic N) is 1. The van der Waals surface area contributed by atoms with Crippen molar-refractivity contribution in [2.45, 2.75) is 20.3 Å². The van der Waals surface area contributed by atoms with Gasteiger partial charge in [0, 0.05) is 13.1 Å². The smallest absolute Gasteiger partial charge is 0.350 e.